The summed E-state index contributed by atoms with van der Waals surface area (Å²) in [5.74, 6) is 0. The number of rotatable bonds is 4. The van der Waals surface area contributed by atoms with Gasteiger partial charge in [0.2, 0.25) is 0 Å². The largest absolute Gasteiger partial charge is 0.299 e. The lowest BCUT2D eigenvalue weighted by molar-refractivity contribution is 0.859. The number of aromatic amines is 1. The average molecular weight is 404 g/mol. The van der Waals surface area contributed by atoms with Gasteiger partial charge in [-0.05, 0) is 30.5 Å². The standard InChI is InChI=1S/C26H20N4O/c1-18-14-16-21(17-15-18)27-28-25-24(20-9-3-2-4-10-20)29-30(26(25)31)23-13-7-11-19-8-5-6-12-22(19)23/h2-17,29H,1H3. The van der Waals surface area contributed by atoms with Crippen molar-refractivity contribution in [2.45, 2.75) is 6.92 Å². The zero-order valence-corrected chi connectivity index (χ0v) is 17.0. The molecule has 0 aliphatic carbocycles. The van der Waals surface area contributed by atoms with Gasteiger partial charge < -0.3 is 0 Å². The van der Waals surface area contributed by atoms with E-state index in [-0.39, 0.29) is 11.2 Å². The van der Waals surface area contributed by atoms with Crippen molar-refractivity contribution >= 4 is 22.1 Å². The molecule has 4 aromatic carbocycles. The van der Waals surface area contributed by atoms with Crippen LogP contribution in [0.15, 0.2) is 112 Å². The molecule has 0 bridgehead atoms. The fraction of sp³-hybridized carbons (Fsp3) is 0.0385. The van der Waals surface area contributed by atoms with Crippen molar-refractivity contribution in [2.75, 3.05) is 0 Å². The van der Waals surface area contributed by atoms with E-state index in [2.05, 4.69) is 15.3 Å². The van der Waals surface area contributed by atoms with Crippen LogP contribution in [0.3, 0.4) is 0 Å². The predicted molar refractivity (Wildman–Crippen MR) is 125 cm³/mol. The van der Waals surface area contributed by atoms with Crippen LogP contribution in [0.5, 0.6) is 0 Å². The van der Waals surface area contributed by atoms with E-state index in [9.17, 15) is 4.79 Å². The second-order valence-electron chi connectivity index (χ2n) is 7.38. The lowest BCUT2D eigenvalue weighted by Crippen LogP contribution is -2.14. The predicted octanol–water partition coefficient (Wildman–Crippen LogP) is 6.71. The Hall–Kier alpha value is -4.25. The first-order valence-electron chi connectivity index (χ1n) is 10.1. The van der Waals surface area contributed by atoms with Crippen molar-refractivity contribution < 1.29 is 0 Å². The molecule has 5 heteroatoms. The van der Waals surface area contributed by atoms with E-state index in [1.54, 1.807) is 4.68 Å². The zero-order chi connectivity index (χ0) is 21.2. The third kappa shape index (κ3) is 3.57. The summed E-state index contributed by atoms with van der Waals surface area (Å²) in [4.78, 5) is 13.5. The molecule has 31 heavy (non-hydrogen) atoms. The van der Waals surface area contributed by atoms with Crippen molar-refractivity contribution in [1.82, 2.24) is 9.78 Å². The van der Waals surface area contributed by atoms with Crippen LogP contribution in [0.25, 0.3) is 27.7 Å². The van der Waals surface area contributed by atoms with Gasteiger partial charge in [-0.2, -0.15) is 5.11 Å². The Kier molecular flexibility index (Phi) is 4.77. The minimum atomic E-state index is -0.244. The zero-order valence-electron chi connectivity index (χ0n) is 17.0. The fourth-order valence-corrected chi connectivity index (χ4v) is 3.62. The summed E-state index contributed by atoms with van der Waals surface area (Å²) in [6.07, 6.45) is 0. The fourth-order valence-electron chi connectivity index (χ4n) is 3.62. The Morgan fingerprint density at radius 2 is 1.45 bits per heavy atom. The summed E-state index contributed by atoms with van der Waals surface area (Å²) in [6.45, 7) is 2.02. The highest BCUT2D eigenvalue weighted by Gasteiger charge is 2.18. The van der Waals surface area contributed by atoms with Crippen molar-refractivity contribution in [3.63, 3.8) is 0 Å². The second-order valence-corrected chi connectivity index (χ2v) is 7.38. The second kappa shape index (κ2) is 7.88. The van der Waals surface area contributed by atoms with Crippen molar-refractivity contribution in [1.29, 1.82) is 0 Å². The first-order valence-corrected chi connectivity index (χ1v) is 10.1. The lowest BCUT2D eigenvalue weighted by atomic mass is 10.1. The van der Waals surface area contributed by atoms with Crippen LogP contribution in [0.4, 0.5) is 11.4 Å². The van der Waals surface area contributed by atoms with Crippen LogP contribution in [0, 0.1) is 6.92 Å². The molecule has 5 nitrogen and oxygen atoms in total. The minimum Gasteiger partial charge on any atom is -0.288 e. The van der Waals surface area contributed by atoms with Crippen LogP contribution >= 0.6 is 0 Å². The van der Waals surface area contributed by atoms with Gasteiger partial charge in [0.1, 0.15) is 0 Å². The number of fused-ring (bicyclic) bond motifs is 1. The highest BCUT2D eigenvalue weighted by Crippen LogP contribution is 2.29. The van der Waals surface area contributed by atoms with Crippen molar-refractivity contribution in [3.05, 3.63) is 113 Å². The monoisotopic (exact) mass is 404 g/mol. The SMILES string of the molecule is Cc1ccc(N=Nc2c(-c3ccccc3)[nH]n(-c3cccc4ccccc34)c2=O)cc1. The Labute approximate surface area is 179 Å². The topological polar surface area (TPSA) is 62.5 Å². The van der Waals surface area contributed by atoms with E-state index in [1.165, 1.54) is 0 Å². The van der Waals surface area contributed by atoms with Gasteiger partial charge in [-0.1, -0.05) is 84.4 Å². The quantitative estimate of drug-likeness (QED) is 0.332. The van der Waals surface area contributed by atoms with E-state index < -0.39 is 0 Å². The van der Waals surface area contributed by atoms with E-state index in [4.69, 9.17) is 0 Å². The Morgan fingerprint density at radius 1 is 0.742 bits per heavy atom. The Balaban J connectivity index is 1.71. The number of nitrogens with one attached hydrogen (secondary N) is 1. The lowest BCUT2D eigenvalue weighted by Gasteiger charge is -2.06. The van der Waals surface area contributed by atoms with E-state index in [0.717, 1.165) is 27.6 Å². The number of benzene rings is 4. The molecule has 0 radical (unpaired) electrons. The minimum absolute atomic E-state index is 0.244. The maximum Gasteiger partial charge on any atom is 0.299 e. The molecule has 0 aliphatic heterocycles. The summed E-state index contributed by atoms with van der Waals surface area (Å²) in [7, 11) is 0. The van der Waals surface area contributed by atoms with Crippen LogP contribution in [0.1, 0.15) is 5.56 Å². The maximum atomic E-state index is 13.5. The summed E-state index contributed by atoms with van der Waals surface area (Å²) >= 11 is 0. The number of aromatic nitrogens is 2. The highest BCUT2D eigenvalue weighted by atomic mass is 16.1. The van der Waals surface area contributed by atoms with Crippen molar-refractivity contribution in [2.24, 2.45) is 10.2 Å². The molecule has 0 amide bonds. The highest BCUT2D eigenvalue weighted by molar-refractivity contribution is 5.90. The molecule has 0 spiro atoms. The molecule has 5 aromatic rings. The molecule has 0 unspecified atom stereocenters. The third-order valence-corrected chi connectivity index (χ3v) is 5.24. The molecule has 0 saturated heterocycles. The van der Waals surface area contributed by atoms with Crippen LogP contribution < -0.4 is 5.56 Å². The average Bonchev–Trinajstić information content (AvgIpc) is 3.15. The number of H-pyrrole nitrogens is 1. The van der Waals surface area contributed by atoms with Gasteiger partial charge >= 0.3 is 0 Å². The maximum absolute atomic E-state index is 13.5. The summed E-state index contributed by atoms with van der Waals surface area (Å²) in [5, 5.41) is 14.0. The van der Waals surface area contributed by atoms with Crippen molar-refractivity contribution in [3.8, 4) is 16.9 Å². The van der Waals surface area contributed by atoms with Gasteiger partial charge in [0, 0.05) is 10.9 Å². The normalized spacial score (nSPS) is 11.4. The van der Waals surface area contributed by atoms with E-state index >= 15 is 0 Å². The van der Waals surface area contributed by atoms with Gasteiger partial charge in [-0.25, -0.2) is 4.68 Å². The van der Waals surface area contributed by atoms with E-state index in [0.29, 0.717) is 11.4 Å². The van der Waals surface area contributed by atoms with Crippen LogP contribution in [-0.4, -0.2) is 9.78 Å². The molecule has 150 valence electrons. The number of hydrogen-bond donors (Lipinski definition) is 1. The molecule has 0 aliphatic rings. The summed E-state index contributed by atoms with van der Waals surface area (Å²) in [6, 6.07) is 31.3. The molecule has 0 fully saturated rings. The molecule has 5 rings (SSSR count). The summed E-state index contributed by atoms with van der Waals surface area (Å²) in [5.41, 5.74) is 4.15. The molecule has 0 atom stereocenters. The number of hydrogen-bond acceptors (Lipinski definition) is 3. The molecule has 0 saturated carbocycles. The molecular formula is C26H20N4O. The first-order chi connectivity index (χ1) is 15.2. The smallest absolute Gasteiger partial charge is 0.288 e. The van der Waals surface area contributed by atoms with Gasteiger partial charge in [-0.3, -0.25) is 9.89 Å². The molecule has 1 aromatic heterocycles. The Morgan fingerprint density at radius 3 is 2.26 bits per heavy atom. The van der Waals surface area contributed by atoms with Crippen LogP contribution in [0.2, 0.25) is 0 Å². The van der Waals surface area contributed by atoms with Gasteiger partial charge in [0.05, 0.1) is 17.1 Å². The molecule has 1 N–H and O–H groups in total. The molecule has 1 heterocycles. The number of azo groups is 1. The number of aryl methyl sites for hydroxylation is 1. The first kappa shape index (κ1) is 18.8. The van der Waals surface area contributed by atoms with Crippen LogP contribution in [-0.2, 0) is 0 Å². The third-order valence-electron chi connectivity index (χ3n) is 5.24. The van der Waals surface area contributed by atoms with E-state index in [1.807, 2.05) is 104 Å². The summed E-state index contributed by atoms with van der Waals surface area (Å²) < 4.78 is 1.55. The van der Waals surface area contributed by atoms with Gasteiger partial charge in [-0.15, -0.1) is 5.11 Å². The Bertz CT molecular complexity index is 1440. The number of nitrogens with zero attached hydrogens (tertiary/aromatic N) is 3. The van der Waals surface area contributed by atoms with Gasteiger partial charge in [0.15, 0.2) is 5.69 Å². The van der Waals surface area contributed by atoms with Gasteiger partial charge in [0.25, 0.3) is 5.56 Å². The molecular weight excluding hydrogens is 384 g/mol.